The Labute approximate surface area is 426 Å². The van der Waals surface area contributed by atoms with Gasteiger partial charge in [0.25, 0.3) is 0 Å². The van der Waals surface area contributed by atoms with Crippen molar-refractivity contribution >= 4 is 31.4 Å². The van der Waals surface area contributed by atoms with Gasteiger partial charge in [-0.15, -0.1) is 0 Å². The first kappa shape index (κ1) is 57.2. The number of phosphoric ester groups is 1. The number of methoxy groups -OCH3 is 2. The number of rotatable bonds is 22. The van der Waals surface area contributed by atoms with Crippen LogP contribution < -0.4 is 118 Å². The SMILES string of the molecule is CC[C@H](C)[C@@H]([C@@H](CC(=O)N1CCC[C@H]1[C@H](OC)[C@@H](C)C([O-])=NCCc1ccc(OP(=O)(O)O)cc1)OC)N(C)C(=O)[C@@H](N=C([O-])[C@H](C(C)C)N(C)C)C(C)C.[K+].[K+]. The van der Waals surface area contributed by atoms with Crippen LogP contribution in [0.25, 0.3) is 0 Å². The van der Waals surface area contributed by atoms with Gasteiger partial charge in [-0.1, -0.05) is 67.0 Å². The van der Waals surface area contributed by atoms with Crippen LogP contribution in [0.1, 0.15) is 79.7 Å². The zero-order chi connectivity index (χ0) is 41.8. The third-order valence-corrected chi connectivity index (χ3v) is 11.1. The van der Waals surface area contributed by atoms with Gasteiger partial charge < -0.3 is 43.9 Å². The Hall–Kier alpha value is 0.203. The average Bonchev–Trinajstić information content (AvgIpc) is 3.59. The molecule has 18 heteroatoms. The Morgan fingerprint density at radius 1 is 0.965 bits per heavy atom. The number of likely N-dealkylation sites (N-methyl/N-ethyl adjacent to an activating group) is 2. The van der Waals surface area contributed by atoms with E-state index in [4.69, 9.17) is 19.3 Å². The molecule has 1 saturated heterocycles. The van der Waals surface area contributed by atoms with Gasteiger partial charge in [0.05, 0.1) is 30.7 Å². The number of amides is 2. The summed E-state index contributed by atoms with van der Waals surface area (Å²) in [6.07, 6.45) is 1.25. The molecule has 1 fully saturated rings. The first-order valence-electron chi connectivity index (χ1n) is 19.3. The second-order valence-corrected chi connectivity index (χ2v) is 16.8. The van der Waals surface area contributed by atoms with Crippen LogP contribution in [-0.2, 0) is 30.0 Å². The molecule has 0 spiro atoms. The van der Waals surface area contributed by atoms with Crippen molar-refractivity contribution in [3.05, 3.63) is 29.8 Å². The fraction of sp³-hybridized carbons (Fsp3) is 0.744. The predicted molar refractivity (Wildman–Crippen MR) is 210 cm³/mol. The molecular formula is C39H66K2N5O10P. The van der Waals surface area contributed by atoms with E-state index in [0.29, 0.717) is 25.8 Å². The topological polar surface area (TPSA) is 200 Å². The monoisotopic (exact) mass is 873 g/mol. The van der Waals surface area contributed by atoms with Crippen LogP contribution in [0.15, 0.2) is 34.3 Å². The maximum Gasteiger partial charge on any atom is 1.00 e. The number of carbonyl (C=O) groups excluding carboxylic acids is 2. The molecule has 2 amide bonds. The quantitative estimate of drug-likeness (QED) is 0.0514. The van der Waals surface area contributed by atoms with Gasteiger partial charge in [-0.2, -0.15) is 0 Å². The molecule has 0 saturated carbocycles. The normalized spacial score (nSPS) is 19.0. The van der Waals surface area contributed by atoms with E-state index < -0.39 is 44.1 Å². The second-order valence-electron chi connectivity index (χ2n) is 15.6. The van der Waals surface area contributed by atoms with Gasteiger partial charge in [0, 0.05) is 46.3 Å². The molecule has 314 valence electrons. The third kappa shape index (κ3) is 17.5. The Bertz CT molecular complexity index is 1470. The number of likely N-dealkylation sites (tertiary alicyclic amines) is 1. The van der Waals surface area contributed by atoms with Crippen molar-refractivity contribution in [2.24, 2.45) is 33.7 Å². The van der Waals surface area contributed by atoms with Crippen LogP contribution in [0.5, 0.6) is 5.75 Å². The van der Waals surface area contributed by atoms with Gasteiger partial charge in [-0.3, -0.25) is 24.4 Å². The minimum atomic E-state index is -4.66. The fourth-order valence-electron chi connectivity index (χ4n) is 7.60. The molecule has 15 nitrogen and oxygen atoms in total. The maximum atomic E-state index is 14.2. The number of benzene rings is 1. The standard InChI is InChI=1S/C39H68N5O10P.2K/c1-13-26(6)35(43(10)39(48)33(24(2)3)41-38(47)34(25(4)5)42(8)9)31(52-11)23-32(45)44-22-14-15-30(44)36(53-12)27(7)37(46)40-21-20-28-16-18-29(19-17-28)54-55(49,50)51;;/h16-19,24-27,30-31,33-36H,13-15,20-23H2,1-12H3,(H,40,46)(H,41,47)(H2,49,50,51);;/q;2*+1/p-2/t26-,27+,30-,31+,33-,34-,35-,36+;;/m0../s1. The molecule has 57 heavy (non-hydrogen) atoms. The van der Waals surface area contributed by atoms with Crippen molar-refractivity contribution in [3.8, 4) is 5.75 Å². The molecule has 1 aromatic rings. The largest absolute Gasteiger partial charge is 1.00 e. The molecule has 8 atom stereocenters. The molecule has 0 unspecified atom stereocenters. The summed E-state index contributed by atoms with van der Waals surface area (Å²) < 4.78 is 27.5. The molecule has 0 aromatic heterocycles. The van der Waals surface area contributed by atoms with E-state index in [9.17, 15) is 24.4 Å². The summed E-state index contributed by atoms with van der Waals surface area (Å²) >= 11 is 0. The van der Waals surface area contributed by atoms with E-state index in [1.54, 1.807) is 35.9 Å². The predicted octanol–water partition coefficient (Wildman–Crippen LogP) is -3.24. The van der Waals surface area contributed by atoms with Crippen molar-refractivity contribution in [2.45, 2.75) is 117 Å². The summed E-state index contributed by atoms with van der Waals surface area (Å²) in [5, 5.41) is 26.6. The molecule has 2 N–H and O–H groups in total. The van der Waals surface area contributed by atoms with E-state index in [1.165, 1.54) is 26.4 Å². The summed E-state index contributed by atoms with van der Waals surface area (Å²) in [7, 11) is 3.75. The van der Waals surface area contributed by atoms with Crippen molar-refractivity contribution in [1.82, 2.24) is 14.7 Å². The van der Waals surface area contributed by atoms with Gasteiger partial charge in [-0.25, -0.2) is 4.57 Å². The number of ether oxygens (including phenoxy) is 2. The maximum absolute atomic E-state index is 14.2. The first-order valence-corrected chi connectivity index (χ1v) is 20.8. The van der Waals surface area contributed by atoms with Crippen molar-refractivity contribution in [2.75, 3.05) is 48.5 Å². The molecule has 0 radical (unpaired) electrons. The smallest absolute Gasteiger partial charge is 0.862 e. The molecule has 1 aliphatic heterocycles. The van der Waals surface area contributed by atoms with Crippen LogP contribution in [0.2, 0.25) is 0 Å². The second kappa shape index (κ2) is 27.3. The third-order valence-electron chi connectivity index (χ3n) is 10.6. The van der Waals surface area contributed by atoms with Crippen LogP contribution in [0, 0.1) is 23.7 Å². The zero-order valence-corrected chi connectivity index (χ0v) is 44.0. The van der Waals surface area contributed by atoms with Crippen LogP contribution in [-0.4, -0.2) is 133 Å². The molecule has 1 aliphatic rings. The number of aliphatic imine (C=N–C) groups is 2. The summed E-state index contributed by atoms with van der Waals surface area (Å²) in [4.78, 5) is 60.2. The van der Waals surface area contributed by atoms with Gasteiger partial charge in [0.2, 0.25) is 11.8 Å². The van der Waals surface area contributed by atoms with Crippen LogP contribution in [0.4, 0.5) is 0 Å². The zero-order valence-electron chi connectivity index (χ0n) is 36.9. The first-order chi connectivity index (χ1) is 25.7. The van der Waals surface area contributed by atoms with E-state index in [0.717, 1.165) is 12.0 Å². The van der Waals surface area contributed by atoms with Gasteiger partial charge in [-0.05, 0) is 80.6 Å². The van der Waals surface area contributed by atoms with E-state index in [1.807, 2.05) is 60.5 Å². The Kier molecular flexibility index (Phi) is 27.4. The van der Waals surface area contributed by atoms with Crippen molar-refractivity contribution < 1.29 is 151 Å². The Morgan fingerprint density at radius 3 is 2.04 bits per heavy atom. The number of carbonyl (C=O) groups is 2. The number of nitrogens with zero attached hydrogens (tertiary/aromatic N) is 5. The number of phosphoric acid groups is 1. The Morgan fingerprint density at radius 2 is 1.56 bits per heavy atom. The minimum Gasteiger partial charge on any atom is -0.862 e. The minimum absolute atomic E-state index is 0. The molecule has 1 heterocycles. The van der Waals surface area contributed by atoms with Crippen molar-refractivity contribution in [1.29, 1.82) is 0 Å². The number of hydrogen-bond donors (Lipinski definition) is 2. The van der Waals surface area contributed by atoms with Gasteiger partial charge in [0.1, 0.15) is 11.8 Å². The molecular weight excluding hydrogens is 808 g/mol. The molecule has 1 aromatic carbocycles. The summed E-state index contributed by atoms with van der Waals surface area (Å²) in [5.74, 6) is -2.06. The Balaban J connectivity index is 0.0000157. The summed E-state index contributed by atoms with van der Waals surface area (Å²) in [6.45, 7) is 14.1. The van der Waals surface area contributed by atoms with E-state index in [2.05, 4.69) is 14.5 Å². The summed E-state index contributed by atoms with van der Waals surface area (Å²) in [6, 6.07) is 3.96. The van der Waals surface area contributed by atoms with Crippen LogP contribution in [0.3, 0.4) is 0 Å². The number of hydrogen-bond acceptors (Lipinski definition) is 11. The molecule has 0 bridgehead atoms. The molecule has 2 rings (SSSR count). The van der Waals surface area contributed by atoms with Crippen molar-refractivity contribution in [3.63, 3.8) is 0 Å². The van der Waals surface area contributed by atoms with Gasteiger partial charge >= 0.3 is 111 Å². The molecule has 0 aliphatic carbocycles. The van der Waals surface area contributed by atoms with Crippen LogP contribution >= 0.6 is 7.82 Å². The average molecular weight is 874 g/mol. The van der Waals surface area contributed by atoms with Gasteiger partial charge in [0.15, 0.2) is 0 Å². The van der Waals surface area contributed by atoms with E-state index >= 15 is 0 Å². The fourth-order valence-corrected chi connectivity index (χ4v) is 8.00. The van der Waals surface area contributed by atoms with E-state index in [-0.39, 0.29) is 169 Å². The summed E-state index contributed by atoms with van der Waals surface area (Å²) in [5.41, 5.74) is 0.806.